The highest BCUT2D eigenvalue weighted by atomic mass is 16.3. The molecule has 0 atom stereocenters. The van der Waals surface area contributed by atoms with E-state index in [1.807, 2.05) is 0 Å². The molecule has 0 aliphatic rings. The lowest BCUT2D eigenvalue weighted by atomic mass is 10.1. The summed E-state index contributed by atoms with van der Waals surface area (Å²) in [7, 11) is 0. The van der Waals surface area contributed by atoms with Crippen molar-refractivity contribution >= 4 is 0 Å². The molecule has 0 rings (SSSR count). The van der Waals surface area contributed by atoms with E-state index in [9.17, 15) is 0 Å². The summed E-state index contributed by atoms with van der Waals surface area (Å²) in [6, 6.07) is 0. The molecule has 0 radical (unpaired) electrons. The van der Waals surface area contributed by atoms with E-state index < -0.39 is 0 Å². The molecule has 2 N–H and O–H groups in total. The SMILES string of the molecule is CCCCCC/C(O)=C\CO. The zero-order valence-electron chi connectivity index (χ0n) is 7.21. The Morgan fingerprint density at radius 1 is 1.27 bits per heavy atom. The molecule has 0 aromatic heterocycles. The Hall–Kier alpha value is -0.500. The topological polar surface area (TPSA) is 40.5 Å². The lowest BCUT2D eigenvalue weighted by Crippen LogP contribution is -1.85. The molecule has 0 heterocycles. The predicted octanol–water partition coefficient (Wildman–Crippen LogP) is 2.39. The molecule has 0 saturated heterocycles. The molecule has 0 saturated carbocycles. The number of allylic oxidation sites excluding steroid dienone is 1. The minimum absolute atomic E-state index is 0.0559. The summed E-state index contributed by atoms with van der Waals surface area (Å²) in [5, 5.41) is 17.5. The average molecular weight is 158 g/mol. The second kappa shape index (κ2) is 7.61. The minimum atomic E-state index is -0.0559. The fraction of sp³-hybridized carbons (Fsp3) is 0.778. The molecular weight excluding hydrogens is 140 g/mol. The minimum Gasteiger partial charge on any atom is -0.513 e. The van der Waals surface area contributed by atoms with Gasteiger partial charge in [-0.2, -0.15) is 0 Å². The van der Waals surface area contributed by atoms with E-state index in [-0.39, 0.29) is 6.61 Å². The molecule has 0 aromatic carbocycles. The molecule has 0 unspecified atom stereocenters. The second-order valence-corrected chi connectivity index (χ2v) is 2.69. The first-order valence-corrected chi connectivity index (χ1v) is 4.30. The summed E-state index contributed by atoms with van der Waals surface area (Å²) in [5.41, 5.74) is 0. The molecule has 2 heteroatoms. The normalized spacial score (nSPS) is 12.0. The molecule has 0 aromatic rings. The van der Waals surface area contributed by atoms with Crippen molar-refractivity contribution in [2.24, 2.45) is 0 Å². The van der Waals surface area contributed by atoms with Gasteiger partial charge in [-0.05, 0) is 12.5 Å². The molecule has 0 bridgehead atoms. The summed E-state index contributed by atoms with van der Waals surface area (Å²) >= 11 is 0. The zero-order valence-corrected chi connectivity index (χ0v) is 7.21. The summed E-state index contributed by atoms with van der Waals surface area (Å²) in [6.45, 7) is 2.10. The number of hydrogen-bond donors (Lipinski definition) is 2. The Labute approximate surface area is 68.6 Å². The number of aliphatic hydroxyl groups is 2. The number of rotatable bonds is 6. The molecule has 0 spiro atoms. The molecule has 0 fully saturated rings. The summed E-state index contributed by atoms with van der Waals surface area (Å²) in [6.07, 6.45) is 6.79. The Morgan fingerprint density at radius 3 is 2.55 bits per heavy atom. The highest BCUT2D eigenvalue weighted by Gasteiger charge is 1.92. The predicted molar refractivity (Wildman–Crippen MR) is 46.6 cm³/mol. The van der Waals surface area contributed by atoms with Gasteiger partial charge < -0.3 is 10.2 Å². The highest BCUT2D eigenvalue weighted by molar-refractivity contribution is 4.89. The largest absolute Gasteiger partial charge is 0.513 e. The molecule has 0 aliphatic heterocycles. The van der Waals surface area contributed by atoms with E-state index in [4.69, 9.17) is 10.2 Å². The van der Waals surface area contributed by atoms with Crippen LogP contribution < -0.4 is 0 Å². The standard InChI is InChI=1S/C9H18O2/c1-2-3-4-5-6-9(11)7-8-10/h7,10-11H,2-6,8H2,1H3/b9-7+. The smallest absolute Gasteiger partial charge is 0.0905 e. The van der Waals surface area contributed by atoms with E-state index in [2.05, 4.69) is 6.92 Å². The van der Waals surface area contributed by atoms with Crippen LogP contribution in [0.2, 0.25) is 0 Å². The Kier molecular flexibility index (Phi) is 7.26. The lowest BCUT2D eigenvalue weighted by Gasteiger charge is -1.98. The summed E-state index contributed by atoms with van der Waals surface area (Å²) in [4.78, 5) is 0. The molecule has 0 amide bonds. The van der Waals surface area contributed by atoms with Crippen molar-refractivity contribution in [2.75, 3.05) is 6.61 Å². The van der Waals surface area contributed by atoms with Crippen molar-refractivity contribution in [1.82, 2.24) is 0 Å². The third-order valence-electron chi connectivity index (χ3n) is 1.61. The molecule has 11 heavy (non-hydrogen) atoms. The second-order valence-electron chi connectivity index (χ2n) is 2.69. The van der Waals surface area contributed by atoms with Crippen LogP contribution in [-0.2, 0) is 0 Å². The van der Waals surface area contributed by atoms with E-state index >= 15 is 0 Å². The van der Waals surface area contributed by atoms with Gasteiger partial charge >= 0.3 is 0 Å². The number of hydrogen-bond acceptors (Lipinski definition) is 2. The maximum Gasteiger partial charge on any atom is 0.0905 e. The highest BCUT2D eigenvalue weighted by Crippen LogP contribution is 2.06. The van der Waals surface area contributed by atoms with Gasteiger partial charge in [-0.25, -0.2) is 0 Å². The Morgan fingerprint density at radius 2 is 2.00 bits per heavy atom. The number of unbranched alkanes of at least 4 members (excludes halogenated alkanes) is 3. The fourth-order valence-corrected chi connectivity index (χ4v) is 0.940. The van der Waals surface area contributed by atoms with Crippen molar-refractivity contribution in [1.29, 1.82) is 0 Å². The van der Waals surface area contributed by atoms with Crippen LogP contribution in [0.15, 0.2) is 11.8 Å². The van der Waals surface area contributed by atoms with Gasteiger partial charge in [0.15, 0.2) is 0 Å². The van der Waals surface area contributed by atoms with E-state index in [1.54, 1.807) is 0 Å². The van der Waals surface area contributed by atoms with E-state index in [1.165, 1.54) is 25.3 Å². The summed E-state index contributed by atoms with van der Waals surface area (Å²) < 4.78 is 0. The van der Waals surface area contributed by atoms with Crippen LogP contribution in [0.3, 0.4) is 0 Å². The van der Waals surface area contributed by atoms with Crippen molar-refractivity contribution in [3.8, 4) is 0 Å². The van der Waals surface area contributed by atoms with E-state index in [0.29, 0.717) is 12.2 Å². The van der Waals surface area contributed by atoms with Gasteiger partial charge in [-0.15, -0.1) is 0 Å². The third-order valence-corrected chi connectivity index (χ3v) is 1.61. The fourth-order valence-electron chi connectivity index (χ4n) is 0.940. The van der Waals surface area contributed by atoms with Crippen molar-refractivity contribution in [3.63, 3.8) is 0 Å². The van der Waals surface area contributed by atoms with Gasteiger partial charge in [0.1, 0.15) is 0 Å². The van der Waals surface area contributed by atoms with Crippen LogP contribution in [0.1, 0.15) is 39.0 Å². The van der Waals surface area contributed by atoms with Crippen LogP contribution in [0, 0.1) is 0 Å². The van der Waals surface area contributed by atoms with Gasteiger partial charge in [-0.3, -0.25) is 0 Å². The van der Waals surface area contributed by atoms with Gasteiger partial charge in [0, 0.05) is 6.42 Å². The molecule has 0 aliphatic carbocycles. The molecule has 2 nitrogen and oxygen atoms in total. The third kappa shape index (κ3) is 7.40. The van der Waals surface area contributed by atoms with Crippen LogP contribution in [-0.4, -0.2) is 16.8 Å². The van der Waals surface area contributed by atoms with E-state index in [0.717, 1.165) is 6.42 Å². The first-order chi connectivity index (χ1) is 5.31. The van der Waals surface area contributed by atoms with Gasteiger partial charge in [-0.1, -0.05) is 26.2 Å². The number of aliphatic hydroxyl groups excluding tert-OH is 2. The monoisotopic (exact) mass is 158 g/mol. The van der Waals surface area contributed by atoms with Gasteiger partial charge in [0.05, 0.1) is 12.4 Å². The Balaban J connectivity index is 3.17. The van der Waals surface area contributed by atoms with Gasteiger partial charge in [0.2, 0.25) is 0 Å². The van der Waals surface area contributed by atoms with Crippen LogP contribution >= 0.6 is 0 Å². The van der Waals surface area contributed by atoms with Crippen molar-refractivity contribution < 1.29 is 10.2 Å². The zero-order chi connectivity index (χ0) is 8.53. The van der Waals surface area contributed by atoms with Crippen LogP contribution in [0.25, 0.3) is 0 Å². The first kappa shape index (κ1) is 10.5. The maximum atomic E-state index is 9.05. The average Bonchev–Trinajstić information content (AvgIpc) is 1.99. The van der Waals surface area contributed by atoms with Crippen molar-refractivity contribution in [3.05, 3.63) is 11.8 Å². The van der Waals surface area contributed by atoms with Crippen LogP contribution in [0.4, 0.5) is 0 Å². The Bertz CT molecular complexity index is 108. The van der Waals surface area contributed by atoms with Crippen LogP contribution in [0.5, 0.6) is 0 Å². The van der Waals surface area contributed by atoms with Crippen molar-refractivity contribution in [2.45, 2.75) is 39.0 Å². The molecule has 66 valence electrons. The quantitative estimate of drug-likeness (QED) is 0.460. The maximum absolute atomic E-state index is 9.05. The summed E-state index contributed by atoms with van der Waals surface area (Å²) in [5.74, 6) is 0.323. The molecular formula is C9H18O2. The van der Waals surface area contributed by atoms with Gasteiger partial charge in [0.25, 0.3) is 0 Å². The first-order valence-electron chi connectivity index (χ1n) is 4.30. The lowest BCUT2D eigenvalue weighted by molar-refractivity contribution is 0.323.